The van der Waals surface area contributed by atoms with Crippen molar-refractivity contribution < 1.29 is 8.80 Å². The molecule has 0 aliphatic rings. The van der Waals surface area contributed by atoms with E-state index in [1.807, 2.05) is 0 Å². The first-order chi connectivity index (χ1) is 30.3. The number of aryl methyl sites for hydroxylation is 12. The maximum Gasteiger partial charge on any atom is 0.265 e. The van der Waals surface area contributed by atoms with Gasteiger partial charge in [-0.15, -0.1) is 8.80 Å². The second-order valence-electron chi connectivity index (χ2n) is 18.6. The lowest BCUT2D eigenvalue weighted by atomic mass is 9.99. The first kappa shape index (κ1) is 37.2. The molecule has 0 atom stereocenters. The van der Waals surface area contributed by atoms with Crippen LogP contribution in [0.3, 0.4) is 0 Å². The van der Waals surface area contributed by atoms with Crippen LogP contribution < -0.4 is 14.2 Å². The lowest BCUT2D eigenvalue weighted by Crippen LogP contribution is -2.31. The molecule has 0 saturated heterocycles. The van der Waals surface area contributed by atoms with Gasteiger partial charge in [-0.05, 0) is 122 Å². The highest BCUT2D eigenvalue weighted by molar-refractivity contribution is 6.26. The van der Waals surface area contributed by atoms with Crippen LogP contribution in [0.4, 0.5) is 0 Å². The van der Waals surface area contributed by atoms with Crippen LogP contribution in [0.25, 0.3) is 99.3 Å². The van der Waals surface area contributed by atoms with Crippen LogP contribution in [0.2, 0.25) is 0 Å². The summed E-state index contributed by atoms with van der Waals surface area (Å²) < 4.78 is 16.4. The summed E-state index contributed by atoms with van der Waals surface area (Å²) in [7, 11) is 0. The van der Waals surface area contributed by atoms with E-state index in [9.17, 15) is 0 Å². The Morgan fingerprint density at radius 1 is 0.242 bits per heavy atom. The Morgan fingerprint density at radius 2 is 0.435 bits per heavy atom. The SMILES string of the molecule is CCc1c(CC)c2c3c(CC)c(CC)c4c5c(CC)c(CC)c6c7c(CC)c(CC)c8c9c(CC)c(CC)c%10c%11c(CC)c(CC)c%12c(=O)c1n2c1c(c(c(c(c1[n+]34)n65)n78)[n+]%109)n%12%11. The third-order valence-electron chi connectivity index (χ3n) is 16.8. The predicted molar refractivity (Wildman–Crippen MR) is 259 cm³/mol. The summed E-state index contributed by atoms with van der Waals surface area (Å²) >= 11 is 0. The van der Waals surface area contributed by atoms with Crippen molar-refractivity contribution in [3.05, 3.63) is 77.0 Å². The zero-order valence-electron chi connectivity index (χ0n) is 39.1. The molecule has 12 heterocycles. The Bertz CT molecular complexity index is 3760. The Balaban J connectivity index is 1.61. The molecule has 0 fully saturated rings. The number of aromatic nitrogens is 6. The van der Waals surface area contributed by atoms with Gasteiger partial charge in [0, 0.05) is 22.3 Å². The van der Waals surface area contributed by atoms with E-state index in [1.54, 1.807) is 0 Å². The molecule has 13 aromatic rings. The van der Waals surface area contributed by atoms with Gasteiger partial charge in [0.2, 0.25) is 27.5 Å². The summed E-state index contributed by atoms with van der Waals surface area (Å²) in [6.07, 6.45) is 11.2. The molecule has 13 rings (SSSR count). The van der Waals surface area contributed by atoms with Gasteiger partial charge in [0.05, 0.1) is 11.0 Å². The molecule has 0 spiro atoms. The van der Waals surface area contributed by atoms with Crippen LogP contribution in [0.15, 0.2) is 4.79 Å². The van der Waals surface area contributed by atoms with Gasteiger partial charge in [0.1, 0.15) is 33.1 Å². The number of fused-ring (bicyclic) bond motifs is 5. The molecule has 1 aromatic carbocycles. The summed E-state index contributed by atoms with van der Waals surface area (Å²) in [5.41, 5.74) is 40.5. The van der Waals surface area contributed by atoms with Crippen LogP contribution in [0.1, 0.15) is 150 Å². The van der Waals surface area contributed by atoms with E-state index in [0.29, 0.717) is 0 Å². The zero-order chi connectivity index (χ0) is 42.8. The van der Waals surface area contributed by atoms with E-state index in [0.717, 1.165) is 88.1 Å². The zero-order valence-corrected chi connectivity index (χ0v) is 39.1. The first-order valence-electron chi connectivity index (χ1n) is 24.7. The second kappa shape index (κ2) is 12.0. The van der Waals surface area contributed by atoms with Crippen LogP contribution in [0, 0.1) is 0 Å². The highest BCUT2D eigenvalue weighted by atomic mass is 16.1. The van der Waals surface area contributed by atoms with Crippen molar-refractivity contribution in [2.24, 2.45) is 0 Å². The molecular formula is C55H60N6O+2. The molecule has 0 aliphatic heterocycles. The van der Waals surface area contributed by atoms with Gasteiger partial charge in [-0.2, -0.15) is 0 Å². The molecule has 12 aromatic heterocycles. The average molecular weight is 821 g/mol. The maximum absolute atomic E-state index is 16.4. The van der Waals surface area contributed by atoms with E-state index in [1.165, 1.54) is 155 Å². The summed E-state index contributed by atoms with van der Waals surface area (Å²) in [5, 5.41) is 0. The standard InChI is InChI=1S/C55H60N6O/c1-13-25-27(15-3)39-41-29(17-5)31(19-7)43-45-33(21-9)35(23-11)47-55(62)48-36(24-12)34(22-10)46-44-32(20-8)30(18-6)42-40-28(16-4)26(14-2)38-37(25)56(39)49-50(57(38)40)52(59(42)44)54(61(46)48)53(60(45)47)51(49)58(41)43/h13-24H2,1-12H3/q+2. The monoisotopic (exact) mass is 820 g/mol. The van der Waals surface area contributed by atoms with Crippen molar-refractivity contribution in [2.45, 2.75) is 160 Å². The van der Waals surface area contributed by atoms with Crippen LogP contribution in [0.5, 0.6) is 0 Å². The highest BCUT2D eigenvalue weighted by Crippen LogP contribution is 2.51. The van der Waals surface area contributed by atoms with Gasteiger partial charge in [-0.1, -0.05) is 83.1 Å². The number of rotatable bonds is 12. The number of benzene rings is 1. The largest absolute Gasteiger partial charge is 0.294 e. The third kappa shape index (κ3) is 3.40. The number of hydrogen-bond acceptors (Lipinski definition) is 1. The molecule has 0 aliphatic carbocycles. The van der Waals surface area contributed by atoms with Crippen LogP contribution in [-0.4, -0.2) is 17.6 Å². The fourth-order valence-electron chi connectivity index (χ4n) is 14.9. The minimum absolute atomic E-state index is 0.205. The lowest BCUT2D eigenvalue weighted by Gasteiger charge is -2.18. The number of hydrogen-bond donors (Lipinski definition) is 0. The van der Waals surface area contributed by atoms with E-state index in [-0.39, 0.29) is 5.43 Å². The van der Waals surface area contributed by atoms with Gasteiger partial charge in [-0.25, -0.2) is 0 Å². The minimum atomic E-state index is 0.205. The van der Waals surface area contributed by atoms with E-state index >= 15 is 4.79 Å². The normalized spacial score (nSPS) is 13.7. The summed E-state index contributed by atoms with van der Waals surface area (Å²) in [4.78, 5) is 16.4. The molecule has 0 unspecified atom stereocenters. The van der Waals surface area contributed by atoms with E-state index < -0.39 is 0 Å². The molecule has 7 heteroatoms. The Hall–Kier alpha value is -5.43. The number of nitrogens with zero attached hydrogens (tertiary/aromatic N) is 6. The maximum atomic E-state index is 16.4. The Labute approximate surface area is 361 Å². The first-order valence-corrected chi connectivity index (χ1v) is 24.7. The molecule has 0 saturated carbocycles. The van der Waals surface area contributed by atoms with Gasteiger partial charge >= 0.3 is 0 Å². The third-order valence-corrected chi connectivity index (χ3v) is 16.8. The average Bonchev–Trinajstić information content (AvgIpc) is 4.11. The Kier molecular flexibility index (Phi) is 7.17. The molecule has 7 nitrogen and oxygen atoms in total. The second-order valence-corrected chi connectivity index (χ2v) is 18.6. The minimum Gasteiger partial charge on any atom is -0.294 e. The molecule has 0 radical (unpaired) electrons. The quantitative estimate of drug-likeness (QED) is 0.0688. The summed E-state index contributed by atoms with van der Waals surface area (Å²) in [6.45, 7) is 28.3. The lowest BCUT2D eigenvalue weighted by molar-refractivity contribution is -0.449. The van der Waals surface area contributed by atoms with Crippen LogP contribution in [-0.2, 0) is 77.0 Å². The van der Waals surface area contributed by atoms with Gasteiger partial charge in [0.15, 0.2) is 22.1 Å². The van der Waals surface area contributed by atoms with Crippen molar-refractivity contribution in [1.29, 1.82) is 0 Å². The van der Waals surface area contributed by atoms with Gasteiger partial charge in [0.25, 0.3) is 11.0 Å². The molecule has 314 valence electrons. The van der Waals surface area contributed by atoms with E-state index in [2.05, 4.69) is 109 Å². The molecule has 0 amide bonds. The predicted octanol–water partition coefficient (Wildman–Crippen LogP) is 11.3. The van der Waals surface area contributed by atoms with E-state index in [4.69, 9.17) is 0 Å². The Morgan fingerprint density at radius 3 is 0.661 bits per heavy atom. The molecule has 0 bridgehead atoms. The summed E-state index contributed by atoms with van der Waals surface area (Å²) in [5.74, 6) is 0. The van der Waals surface area contributed by atoms with Crippen LogP contribution >= 0.6 is 0 Å². The smallest absolute Gasteiger partial charge is 0.265 e. The van der Waals surface area contributed by atoms with Crippen molar-refractivity contribution in [1.82, 2.24) is 17.6 Å². The molecular weight excluding hydrogens is 761 g/mol. The molecule has 0 N–H and O–H groups in total. The van der Waals surface area contributed by atoms with Crippen molar-refractivity contribution >= 4 is 99.3 Å². The van der Waals surface area contributed by atoms with Gasteiger partial charge in [-0.3, -0.25) is 22.4 Å². The molecule has 62 heavy (non-hydrogen) atoms. The summed E-state index contributed by atoms with van der Waals surface area (Å²) in [6, 6.07) is 0. The highest BCUT2D eigenvalue weighted by Gasteiger charge is 2.46. The van der Waals surface area contributed by atoms with Crippen molar-refractivity contribution in [2.75, 3.05) is 0 Å². The topological polar surface area (TPSA) is 42.9 Å². The van der Waals surface area contributed by atoms with Crippen molar-refractivity contribution in [3.8, 4) is 0 Å². The van der Waals surface area contributed by atoms with Crippen molar-refractivity contribution in [3.63, 3.8) is 0 Å². The fourth-order valence-corrected chi connectivity index (χ4v) is 14.9. The van der Waals surface area contributed by atoms with Gasteiger partial charge < -0.3 is 0 Å². The fraction of sp³-hybridized carbons (Fsp3) is 0.436.